The first kappa shape index (κ1) is 19.2. The van der Waals surface area contributed by atoms with Gasteiger partial charge in [-0.05, 0) is 36.8 Å². The van der Waals surface area contributed by atoms with Crippen LogP contribution in [0, 0.1) is 17.0 Å². The highest BCUT2D eigenvalue weighted by molar-refractivity contribution is 7.90. The summed E-state index contributed by atoms with van der Waals surface area (Å²) in [4.78, 5) is 19.1. The van der Waals surface area contributed by atoms with Gasteiger partial charge in [-0.25, -0.2) is 8.42 Å². The number of hydrogen-bond acceptors (Lipinski definition) is 8. The maximum Gasteiger partial charge on any atom is 0.311 e. The van der Waals surface area contributed by atoms with E-state index in [9.17, 15) is 18.5 Å². The van der Waals surface area contributed by atoms with Gasteiger partial charge in [-0.3, -0.25) is 10.1 Å². The number of para-hydroxylation sites is 1. The van der Waals surface area contributed by atoms with Gasteiger partial charge < -0.3 is 14.2 Å². The number of fused-ring (bicyclic) bond motifs is 1. The van der Waals surface area contributed by atoms with E-state index in [4.69, 9.17) is 4.42 Å². The van der Waals surface area contributed by atoms with E-state index in [2.05, 4.69) is 4.98 Å². The minimum Gasteiger partial charge on any atom is -0.423 e. The number of aromatic nitrogens is 1. The van der Waals surface area contributed by atoms with Crippen LogP contribution in [0.5, 0.6) is 0 Å². The molecule has 1 aromatic heterocycles. The van der Waals surface area contributed by atoms with Crippen molar-refractivity contribution in [1.29, 1.82) is 0 Å². The first-order valence-electron chi connectivity index (χ1n) is 9.08. The second-order valence-corrected chi connectivity index (χ2v) is 9.08. The standard InChI is InChI=1S/C19H20N4O5S/c1-13-6-7-16-14(12-13)20-19(28-16)22-10-8-21(9-11-22)15-4-3-5-17(29(2,26)27)18(15)23(24)25/h3-7,12H,8-11H2,1-2H3. The van der Waals surface area contributed by atoms with Crippen LogP contribution >= 0.6 is 0 Å². The molecule has 2 heterocycles. The summed E-state index contributed by atoms with van der Waals surface area (Å²) in [7, 11) is -3.72. The Morgan fingerprint density at radius 2 is 1.79 bits per heavy atom. The number of hydrogen-bond donors (Lipinski definition) is 0. The quantitative estimate of drug-likeness (QED) is 0.472. The maximum atomic E-state index is 12.0. The van der Waals surface area contributed by atoms with E-state index in [0.29, 0.717) is 43.5 Å². The zero-order valence-corrected chi connectivity index (χ0v) is 16.8. The molecule has 10 heteroatoms. The number of anilines is 2. The third kappa shape index (κ3) is 3.63. The number of nitro groups is 1. The van der Waals surface area contributed by atoms with E-state index in [1.54, 1.807) is 6.07 Å². The van der Waals surface area contributed by atoms with E-state index in [1.165, 1.54) is 12.1 Å². The fourth-order valence-corrected chi connectivity index (χ4v) is 4.40. The Balaban J connectivity index is 1.59. The van der Waals surface area contributed by atoms with Crippen LogP contribution in [-0.2, 0) is 9.84 Å². The van der Waals surface area contributed by atoms with Crippen LogP contribution in [0.2, 0.25) is 0 Å². The molecule has 2 aromatic carbocycles. The molecule has 0 aliphatic carbocycles. The van der Waals surface area contributed by atoms with Gasteiger partial charge in [0, 0.05) is 32.4 Å². The maximum absolute atomic E-state index is 12.0. The number of piperazine rings is 1. The number of oxazole rings is 1. The van der Waals surface area contributed by atoms with Crippen molar-refractivity contribution in [2.45, 2.75) is 11.8 Å². The summed E-state index contributed by atoms with van der Waals surface area (Å²) >= 11 is 0. The molecule has 1 aliphatic heterocycles. The molecule has 152 valence electrons. The van der Waals surface area contributed by atoms with Crippen molar-refractivity contribution >= 4 is 38.3 Å². The molecule has 1 fully saturated rings. The summed E-state index contributed by atoms with van der Waals surface area (Å²) in [5.41, 5.74) is 2.54. The number of sulfone groups is 1. The van der Waals surface area contributed by atoms with E-state index in [1.807, 2.05) is 34.9 Å². The number of aryl methyl sites for hydroxylation is 1. The molecule has 0 unspecified atom stereocenters. The lowest BCUT2D eigenvalue weighted by Crippen LogP contribution is -2.46. The third-order valence-electron chi connectivity index (χ3n) is 4.98. The summed E-state index contributed by atoms with van der Waals surface area (Å²) < 4.78 is 29.8. The van der Waals surface area contributed by atoms with Gasteiger partial charge in [0.2, 0.25) is 0 Å². The summed E-state index contributed by atoms with van der Waals surface area (Å²) in [5, 5.41) is 11.6. The van der Waals surface area contributed by atoms with Crippen LogP contribution in [-0.4, -0.2) is 50.8 Å². The SMILES string of the molecule is Cc1ccc2oc(N3CCN(c4cccc(S(C)(=O)=O)c4[N+](=O)[O-])CC3)nc2c1. The van der Waals surface area contributed by atoms with Crippen LogP contribution in [0.25, 0.3) is 11.1 Å². The molecule has 0 atom stereocenters. The summed E-state index contributed by atoms with van der Waals surface area (Å²) in [6.45, 7) is 4.04. The Bertz CT molecular complexity index is 1200. The highest BCUT2D eigenvalue weighted by Gasteiger charge is 2.31. The van der Waals surface area contributed by atoms with Crippen molar-refractivity contribution in [1.82, 2.24) is 4.98 Å². The van der Waals surface area contributed by atoms with Crippen molar-refractivity contribution < 1.29 is 17.8 Å². The highest BCUT2D eigenvalue weighted by Crippen LogP contribution is 2.35. The van der Waals surface area contributed by atoms with Crippen molar-refractivity contribution in [2.75, 3.05) is 42.2 Å². The molecule has 29 heavy (non-hydrogen) atoms. The van der Waals surface area contributed by atoms with Gasteiger partial charge in [-0.1, -0.05) is 12.1 Å². The molecule has 0 radical (unpaired) electrons. The second-order valence-electron chi connectivity index (χ2n) is 7.09. The molecule has 0 bridgehead atoms. The topological polar surface area (TPSA) is 110 Å². The summed E-state index contributed by atoms with van der Waals surface area (Å²) in [5.74, 6) is 0. The van der Waals surface area contributed by atoms with Crippen LogP contribution < -0.4 is 9.80 Å². The Morgan fingerprint density at radius 3 is 2.45 bits per heavy atom. The van der Waals surface area contributed by atoms with Crippen molar-refractivity contribution in [3.05, 3.63) is 52.1 Å². The lowest BCUT2D eigenvalue weighted by Gasteiger charge is -2.35. The first-order chi connectivity index (χ1) is 13.7. The number of nitro benzene ring substituents is 1. The van der Waals surface area contributed by atoms with Crippen LogP contribution in [0.15, 0.2) is 45.7 Å². The second kappa shape index (κ2) is 7.03. The highest BCUT2D eigenvalue weighted by atomic mass is 32.2. The van der Waals surface area contributed by atoms with Crippen molar-refractivity contribution in [2.24, 2.45) is 0 Å². The van der Waals surface area contributed by atoms with Crippen LogP contribution in [0.3, 0.4) is 0 Å². The molecule has 1 saturated heterocycles. The minimum absolute atomic E-state index is 0.267. The van der Waals surface area contributed by atoms with E-state index in [0.717, 1.165) is 17.3 Å². The minimum atomic E-state index is -3.72. The Morgan fingerprint density at radius 1 is 1.10 bits per heavy atom. The lowest BCUT2D eigenvalue weighted by atomic mass is 10.2. The molecule has 0 amide bonds. The fourth-order valence-electron chi connectivity index (χ4n) is 3.55. The van der Waals surface area contributed by atoms with Gasteiger partial charge in [-0.15, -0.1) is 0 Å². The van der Waals surface area contributed by atoms with Crippen molar-refractivity contribution in [3.8, 4) is 0 Å². The Kier molecular flexibility index (Phi) is 4.65. The predicted molar refractivity (Wildman–Crippen MR) is 109 cm³/mol. The molecular weight excluding hydrogens is 396 g/mol. The Labute approximate surface area is 167 Å². The van der Waals surface area contributed by atoms with Gasteiger partial charge >= 0.3 is 5.69 Å². The largest absolute Gasteiger partial charge is 0.423 e. The van der Waals surface area contributed by atoms with E-state index < -0.39 is 14.8 Å². The van der Waals surface area contributed by atoms with Crippen LogP contribution in [0.1, 0.15) is 5.56 Å². The zero-order valence-electron chi connectivity index (χ0n) is 16.0. The summed E-state index contributed by atoms with van der Waals surface area (Å²) in [6.07, 6.45) is 0.978. The van der Waals surface area contributed by atoms with E-state index in [-0.39, 0.29) is 10.6 Å². The molecule has 3 aromatic rings. The Hall–Kier alpha value is -3.14. The summed E-state index contributed by atoms with van der Waals surface area (Å²) in [6, 6.07) is 10.7. The predicted octanol–water partition coefficient (Wildman–Crippen LogP) is 2.77. The molecule has 0 saturated carbocycles. The van der Waals surface area contributed by atoms with Gasteiger partial charge in [-0.2, -0.15) is 4.98 Å². The molecule has 0 spiro atoms. The molecule has 4 rings (SSSR count). The molecule has 1 aliphatic rings. The number of rotatable bonds is 4. The number of nitrogens with zero attached hydrogens (tertiary/aromatic N) is 4. The van der Waals surface area contributed by atoms with Gasteiger partial charge in [0.1, 0.15) is 16.1 Å². The normalized spacial score (nSPS) is 15.1. The smallest absolute Gasteiger partial charge is 0.311 e. The third-order valence-corrected chi connectivity index (χ3v) is 6.11. The molecule has 9 nitrogen and oxygen atoms in total. The zero-order chi connectivity index (χ0) is 20.8. The number of benzene rings is 2. The first-order valence-corrected chi connectivity index (χ1v) is 11.0. The van der Waals surface area contributed by atoms with Gasteiger partial charge in [0.05, 0.1) is 4.92 Å². The van der Waals surface area contributed by atoms with Crippen molar-refractivity contribution in [3.63, 3.8) is 0 Å². The monoisotopic (exact) mass is 416 g/mol. The van der Waals surface area contributed by atoms with E-state index >= 15 is 0 Å². The molecule has 0 N–H and O–H groups in total. The lowest BCUT2D eigenvalue weighted by molar-refractivity contribution is -0.387. The average molecular weight is 416 g/mol. The average Bonchev–Trinajstić information content (AvgIpc) is 3.10. The van der Waals surface area contributed by atoms with Gasteiger partial charge in [0.15, 0.2) is 15.4 Å². The molecular formula is C19H20N4O5S. The fraction of sp³-hybridized carbons (Fsp3) is 0.316. The van der Waals surface area contributed by atoms with Gasteiger partial charge in [0.25, 0.3) is 6.01 Å². The van der Waals surface area contributed by atoms with Crippen LogP contribution in [0.4, 0.5) is 17.4 Å².